The van der Waals surface area contributed by atoms with E-state index in [1.54, 1.807) is 11.3 Å². The minimum Gasteiger partial charge on any atom is -0.353 e. The Morgan fingerprint density at radius 3 is 2.67 bits per heavy atom. The van der Waals surface area contributed by atoms with Crippen molar-refractivity contribution in [3.8, 4) is 11.4 Å². The summed E-state index contributed by atoms with van der Waals surface area (Å²) in [6, 6.07) is 2.78. The number of rotatable bonds is 7. The highest BCUT2D eigenvalue weighted by Gasteiger charge is 2.20. The van der Waals surface area contributed by atoms with E-state index in [1.165, 1.54) is 42.3 Å². The van der Waals surface area contributed by atoms with E-state index in [1.807, 2.05) is 0 Å². The second kappa shape index (κ2) is 9.73. The van der Waals surface area contributed by atoms with Crippen LogP contribution in [0.1, 0.15) is 70.2 Å². The molecule has 148 valence electrons. The maximum absolute atomic E-state index is 12.4. The van der Waals surface area contributed by atoms with Crippen molar-refractivity contribution in [2.75, 3.05) is 5.75 Å². The molecule has 1 amide bonds. The van der Waals surface area contributed by atoms with Crippen LogP contribution in [0.2, 0.25) is 0 Å². The molecule has 7 heteroatoms. The van der Waals surface area contributed by atoms with E-state index in [-0.39, 0.29) is 11.9 Å². The number of carbonyl (C=O) groups excluding carboxylic acids is 1. The zero-order chi connectivity index (χ0) is 19.2. The average Bonchev–Trinajstić information content (AvgIpc) is 3.21. The van der Waals surface area contributed by atoms with Crippen LogP contribution in [0.25, 0.3) is 11.4 Å². The molecule has 0 saturated heterocycles. The standard InChI is InChI=1S/C20H30N4OS2/c1-4-17-11-15(12-26-17)19-22-23-20(24(19)14(2)3)27-13-18(25)21-16-9-7-5-6-8-10-16/h11-12,14,16H,4-10,13H2,1-3H3,(H,21,25). The lowest BCUT2D eigenvalue weighted by Gasteiger charge is -2.16. The van der Waals surface area contributed by atoms with Crippen molar-refractivity contribution in [2.45, 2.75) is 83.0 Å². The zero-order valence-corrected chi connectivity index (χ0v) is 18.2. The third-order valence-electron chi connectivity index (χ3n) is 4.99. The van der Waals surface area contributed by atoms with E-state index in [4.69, 9.17) is 0 Å². The van der Waals surface area contributed by atoms with Crippen molar-refractivity contribution >= 4 is 29.0 Å². The number of amides is 1. The van der Waals surface area contributed by atoms with Gasteiger partial charge in [0.05, 0.1) is 5.75 Å². The second-order valence-corrected chi connectivity index (χ2v) is 9.41. The van der Waals surface area contributed by atoms with E-state index in [9.17, 15) is 4.79 Å². The number of aryl methyl sites for hydroxylation is 1. The summed E-state index contributed by atoms with van der Waals surface area (Å²) in [5.41, 5.74) is 1.12. The summed E-state index contributed by atoms with van der Waals surface area (Å²) in [5.74, 6) is 1.40. The quantitative estimate of drug-likeness (QED) is 0.514. The maximum Gasteiger partial charge on any atom is 0.230 e. The van der Waals surface area contributed by atoms with Gasteiger partial charge in [-0.3, -0.25) is 9.36 Å². The molecule has 1 fully saturated rings. The first kappa shape index (κ1) is 20.4. The fourth-order valence-electron chi connectivity index (χ4n) is 3.54. The van der Waals surface area contributed by atoms with Gasteiger partial charge in [-0.05, 0) is 39.2 Å². The Balaban J connectivity index is 1.65. The predicted molar refractivity (Wildman–Crippen MR) is 113 cm³/mol. The Bertz CT molecular complexity index is 745. The Hall–Kier alpha value is -1.34. The van der Waals surface area contributed by atoms with E-state index < -0.39 is 0 Å². The Morgan fingerprint density at radius 1 is 1.30 bits per heavy atom. The summed E-state index contributed by atoms with van der Waals surface area (Å²) in [7, 11) is 0. The molecule has 5 nitrogen and oxygen atoms in total. The number of carbonyl (C=O) groups is 1. The predicted octanol–water partition coefficient (Wildman–Crippen LogP) is 5.08. The summed E-state index contributed by atoms with van der Waals surface area (Å²) >= 11 is 3.25. The smallest absolute Gasteiger partial charge is 0.230 e. The molecule has 2 aromatic rings. The van der Waals surface area contributed by atoms with Crippen molar-refractivity contribution in [1.82, 2.24) is 20.1 Å². The third kappa shape index (κ3) is 5.35. The molecule has 0 bridgehead atoms. The SMILES string of the molecule is CCc1cc(-c2nnc(SCC(=O)NC3CCCCCC3)n2C(C)C)cs1. The Morgan fingerprint density at radius 2 is 2.04 bits per heavy atom. The molecule has 1 N–H and O–H groups in total. The Labute approximate surface area is 170 Å². The molecule has 2 heterocycles. The van der Waals surface area contributed by atoms with Crippen molar-refractivity contribution in [1.29, 1.82) is 0 Å². The van der Waals surface area contributed by atoms with Crippen molar-refractivity contribution in [2.24, 2.45) is 0 Å². The molecule has 0 spiro atoms. The summed E-state index contributed by atoms with van der Waals surface area (Å²) in [6.45, 7) is 6.43. The lowest BCUT2D eigenvalue weighted by atomic mass is 10.1. The lowest BCUT2D eigenvalue weighted by Crippen LogP contribution is -2.35. The van der Waals surface area contributed by atoms with Gasteiger partial charge < -0.3 is 5.32 Å². The highest BCUT2D eigenvalue weighted by molar-refractivity contribution is 7.99. The van der Waals surface area contributed by atoms with Gasteiger partial charge in [0.25, 0.3) is 0 Å². The summed E-state index contributed by atoms with van der Waals surface area (Å²) in [5, 5.41) is 15.0. The van der Waals surface area contributed by atoms with Crippen LogP contribution in [0.15, 0.2) is 16.6 Å². The van der Waals surface area contributed by atoms with Crippen LogP contribution in [0.4, 0.5) is 0 Å². The van der Waals surface area contributed by atoms with E-state index in [2.05, 4.69) is 52.3 Å². The van der Waals surface area contributed by atoms with E-state index in [0.717, 1.165) is 35.8 Å². The van der Waals surface area contributed by atoms with E-state index in [0.29, 0.717) is 11.8 Å². The van der Waals surface area contributed by atoms with Crippen LogP contribution >= 0.6 is 23.1 Å². The molecular weight excluding hydrogens is 376 g/mol. The van der Waals surface area contributed by atoms with Crippen molar-refractivity contribution < 1.29 is 4.79 Å². The fraction of sp³-hybridized carbons (Fsp3) is 0.650. The fourth-order valence-corrected chi connectivity index (χ4v) is 5.24. The van der Waals surface area contributed by atoms with Crippen LogP contribution in [0.5, 0.6) is 0 Å². The van der Waals surface area contributed by atoms with Crippen LogP contribution in [0, 0.1) is 0 Å². The zero-order valence-electron chi connectivity index (χ0n) is 16.5. The van der Waals surface area contributed by atoms with Gasteiger partial charge >= 0.3 is 0 Å². The first-order chi connectivity index (χ1) is 13.1. The number of nitrogens with zero attached hydrogens (tertiary/aromatic N) is 3. The van der Waals surface area contributed by atoms with Gasteiger partial charge in [-0.25, -0.2) is 0 Å². The first-order valence-corrected chi connectivity index (χ1v) is 11.9. The van der Waals surface area contributed by atoms with E-state index >= 15 is 0 Å². The van der Waals surface area contributed by atoms with Crippen molar-refractivity contribution in [3.05, 3.63) is 16.3 Å². The topological polar surface area (TPSA) is 59.8 Å². The minimum atomic E-state index is 0.107. The lowest BCUT2D eigenvalue weighted by molar-refractivity contribution is -0.119. The molecule has 3 rings (SSSR count). The molecule has 1 aliphatic rings. The van der Waals surface area contributed by atoms with Gasteiger partial charge in [0, 0.05) is 27.9 Å². The summed E-state index contributed by atoms with van der Waals surface area (Å²) in [4.78, 5) is 13.8. The molecule has 0 radical (unpaired) electrons. The molecule has 1 aliphatic carbocycles. The molecular formula is C20H30N4OS2. The largest absolute Gasteiger partial charge is 0.353 e. The number of nitrogens with one attached hydrogen (secondary N) is 1. The number of aromatic nitrogens is 3. The maximum atomic E-state index is 12.4. The molecule has 2 aromatic heterocycles. The molecule has 0 atom stereocenters. The van der Waals surface area contributed by atoms with Gasteiger partial charge in [0.1, 0.15) is 0 Å². The number of hydrogen-bond acceptors (Lipinski definition) is 5. The molecule has 27 heavy (non-hydrogen) atoms. The van der Waals surface area contributed by atoms with Gasteiger partial charge in [-0.1, -0.05) is 44.4 Å². The molecule has 1 saturated carbocycles. The Kier molecular flexibility index (Phi) is 7.35. The monoisotopic (exact) mass is 406 g/mol. The van der Waals surface area contributed by atoms with Gasteiger partial charge in [-0.15, -0.1) is 21.5 Å². The number of hydrogen-bond donors (Lipinski definition) is 1. The summed E-state index contributed by atoms with van der Waals surface area (Å²) < 4.78 is 2.14. The molecule has 0 aliphatic heterocycles. The van der Waals surface area contributed by atoms with Crippen LogP contribution in [-0.2, 0) is 11.2 Å². The number of thioether (sulfide) groups is 1. The van der Waals surface area contributed by atoms with Gasteiger partial charge in [0.15, 0.2) is 11.0 Å². The van der Waals surface area contributed by atoms with Gasteiger partial charge in [-0.2, -0.15) is 0 Å². The highest BCUT2D eigenvalue weighted by Crippen LogP contribution is 2.30. The van der Waals surface area contributed by atoms with Gasteiger partial charge in [0.2, 0.25) is 5.91 Å². The average molecular weight is 407 g/mol. The molecule has 0 unspecified atom stereocenters. The van der Waals surface area contributed by atoms with Crippen LogP contribution < -0.4 is 5.32 Å². The highest BCUT2D eigenvalue weighted by atomic mass is 32.2. The first-order valence-electron chi connectivity index (χ1n) is 10.0. The summed E-state index contributed by atoms with van der Waals surface area (Å²) in [6.07, 6.45) is 8.30. The van der Waals surface area contributed by atoms with Crippen molar-refractivity contribution in [3.63, 3.8) is 0 Å². The van der Waals surface area contributed by atoms with Crippen LogP contribution in [0.3, 0.4) is 0 Å². The van der Waals surface area contributed by atoms with Crippen LogP contribution in [-0.4, -0.2) is 32.5 Å². The normalized spacial score (nSPS) is 15.9. The second-order valence-electron chi connectivity index (χ2n) is 7.47. The number of thiophene rings is 1. The third-order valence-corrected chi connectivity index (χ3v) is 7.02. The molecule has 0 aromatic carbocycles. The minimum absolute atomic E-state index is 0.107.